The van der Waals surface area contributed by atoms with Crippen LogP contribution in [0.25, 0.3) is 11.3 Å². The van der Waals surface area contributed by atoms with Crippen LogP contribution in [-0.4, -0.2) is 23.0 Å². The first-order chi connectivity index (χ1) is 10.3. The van der Waals surface area contributed by atoms with Crippen molar-refractivity contribution in [2.24, 2.45) is 7.05 Å². The summed E-state index contributed by atoms with van der Waals surface area (Å²) in [7, 11) is 1.25. The van der Waals surface area contributed by atoms with Gasteiger partial charge in [0, 0.05) is 12.6 Å². The minimum Gasteiger partial charge on any atom is -0.435 e. The Balaban J connectivity index is 2.47. The van der Waals surface area contributed by atoms with Gasteiger partial charge in [-0.25, -0.2) is 9.07 Å². The summed E-state index contributed by atoms with van der Waals surface area (Å²) in [6.45, 7) is -6.26. The van der Waals surface area contributed by atoms with E-state index in [1.165, 1.54) is 7.05 Å². The van der Waals surface area contributed by atoms with Gasteiger partial charge in [-0.05, 0) is 18.2 Å². The Hall–Kier alpha value is -2.03. The summed E-state index contributed by atoms with van der Waals surface area (Å²) in [5, 5.41) is 3.38. The van der Waals surface area contributed by atoms with Crippen molar-refractivity contribution >= 4 is 11.6 Å². The number of alkyl halides is 4. The molecule has 2 rings (SSSR count). The molecule has 0 fully saturated rings. The molecule has 0 radical (unpaired) electrons. The van der Waals surface area contributed by atoms with Crippen LogP contribution in [0.1, 0.15) is 0 Å². The Kier molecular flexibility index (Phi) is 4.74. The fourth-order valence-electron chi connectivity index (χ4n) is 1.73. The molecule has 4 nitrogen and oxygen atoms in total. The van der Waals surface area contributed by atoms with E-state index in [1.54, 1.807) is 0 Å². The summed E-state index contributed by atoms with van der Waals surface area (Å²) in [6, 6.07) is 2.78. The molecular weight excluding hydrogens is 335 g/mol. The maximum Gasteiger partial charge on any atom is 0.388 e. The van der Waals surface area contributed by atoms with Crippen LogP contribution in [0.2, 0.25) is 5.02 Å². The van der Waals surface area contributed by atoms with Crippen LogP contribution in [0.15, 0.2) is 18.2 Å². The molecule has 0 saturated heterocycles. The van der Waals surface area contributed by atoms with Crippen molar-refractivity contribution in [1.82, 2.24) is 9.78 Å². The monoisotopic (exact) mass is 342 g/mol. The standard InChI is InChI=1S/C12H8ClF5N2O2/c1-20-10(22-12(17)18)8(13)9(19-20)6-4-5(21-11(15)16)2-3-7(6)14/h2-4,11-12H,1H3. The number of ether oxygens (including phenoxy) is 2. The lowest BCUT2D eigenvalue weighted by molar-refractivity contribution is -0.0553. The molecule has 0 bridgehead atoms. The van der Waals surface area contributed by atoms with E-state index >= 15 is 0 Å². The summed E-state index contributed by atoms with van der Waals surface area (Å²) in [5.74, 6) is -1.65. The predicted molar refractivity (Wildman–Crippen MR) is 66.9 cm³/mol. The number of nitrogens with zero attached hydrogens (tertiary/aromatic N) is 2. The van der Waals surface area contributed by atoms with Crippen LogP contribution in [0.3, 0.4) is 0 Å². The molecule has 0 amide bonds. The average molecular weight is 343 g/mol. The third-order valence-corrected chi connectivity index (χ3v) is 2.90. The van der Waals surface area contributed by atoms with E-state index in [9.17, 15) is 22.0 Å². The zero-order valence-electron chi connectivity index (χ0n) is 10.9. The summed E-state index contributed by atoms with van der Waals surface area (Å²) < 4.78 is 72.0. The Labute approximate surface area is 126 Å². The van der Waals surface area contributed by atoms with E-state index in [0.717, 1.165) is 22.9 Å². The Morgan fingerprint density at radius 2 is 1.77 bits per heavy atom. The van der Waals surface area contributed by atoms with Crippen molar-refractivity contribution in [2.45, 2.75) is 13.2 Å². The van der Waals surface area contributed by atoms with Crippen molar-refractivity contribution in [2.75, 3.05) is 0 Å². The molecule has 1 aromatic carbocycles. The number of benzene rings is 1. The fraction of sp³-hybridized carbons (Fsp3) is 0.250. The van der Waals surface area contributed by atoms with Crippen LogP contribution in [0.5, 0.6) is 11.6 Å². The lowest BCUT2D eigenvalue weighted by atomic mass is 10.1. The molecule has 0 unspecified atom stereocenters. The first kappa shape index (κ1) is 16.3. The van der Waals surface area contributed by atoms with Gasteiger partial charge < -0.3 is 9.47 Å². The highest BCUT2D eigenvalue weighted by atomic mass is 35.5. The average Bonchev–Trinajstić information content (AvgIpc) is 2.68. The Bertz CT molecular complexity index is 678. The summed E-state index contributed by atoms with van der Waals surface area (Å²) >= 11 is 5.84. The molecule has 0 spiro atoms. The molecule has 0 aliphatic heterocycles. The van der Waals surface area contributed by atoms with Gasteiger partial charge in [-0.15, -0.1) is 0 Å². The largest absolute Gasteiger partial charge is 0.435 e. The second-order valence-electron chi connectivity index (χ2n) is 3.99. The van der Waals surface area contributed by atoms with Crippen LogP contribution >= 0.6 is 11.6 Å². The quantitative estimate of drug-likeness (QED) is 0.768. The zero-order chi connectivity index (χ0) is 16.4. The number of aryl methyl sites for hydroxylation is 1. The highest BCUT2D eigenvalue weighted by Gasteiger charge is 2.23. The van der Waals surface area contributed by atoms with Crippen LogP contribution in [0.4, 0.5) is 22.0 Å². The minimum absolute atomic E-state index is 0.239. The van der Waals surface area contributed by atoms with E-state index < -0.39 is 24.9 Å². The normalized spacial score (nSPS) is 11.3. The topological polar surface area (TPSA) is 36.3 Å². The number of hydrogen-bond acceptors (Lipinski definition) is 3. The van der Waals surface area contributed by atoms with Crippen LogP contribution in [0, 0.1) is 5.82 Å². The highest BCUT2D eigenvalue weighted by Crippen LogP contribution is 2.37. The van der Waals surface area contributed by atoms with E-state index in [4.69, 9.17) is 11.6 Å². The summed E-state index contributed by atoms with van der Waals surface area (Å²) in [5.41, 5.74) is -0.528. The number of aromatic nitrogens is 2. The van der Waals surface area contributed by atoms with Crippen LogP contribution in [-0.2, 0) is 7.05 Å². The van der Waals surface area contributed by atoms with E-state index in [-0.39, 0.29) is 22.0 Å². The molecule has 10 heteroatoms. The molecule has 0 aliphatic rings. The molecule has 0 N–H and O–H groups in total. The minimum atomic E-state index is -3.15. The predicted octanol–water partition coefficient (Wildman–Crippen LogP) is 4.08. The molecule has 120 valence electrons. The Morgan fingerprint density at radius 3 is 2.36 bits per heavy atom. The zero-order valence-corrected chi connectivity index (χ0v) is 11.6. The first-order valence-electron chi connectivity index (χ1n) is 5.71. The Morgan fingerprint density at radius 1 is 1.14 bits per heavy atom. The van der Waals surface area contributed by atoms with Gasteiger partial charge in [-0.1, -0.05) is 11.6 Å². The van der Waals surface area contributed by atoms with Gasteiger partial charge in [0.15, 0.2) is 0 Å². The second-order valence-corrected chi connectivity index (χ2v) is 4.37. The molecule has 1 heterocycles. The summed E-state index contributed by atoms with van der Waals surface area (Å²) in [4.78, 5) is 0. The van der Waals surface area contributed by atoms with Gasteiger partial charge in [-0.3, -0.25) is 0 Å². The SMILES string of the molecule is Cn1nc(-c2cc(OC(F)F)ccc2F)c(Cl)c1OC(F)F. The van der Waals surface area contributed by atoms with Gasteiger partial charge in [-0.2, -0.15) is 22.7 Å². The summed E-state index contributed by atoms with van der Waals surface area (Å²) in [6.07, 6.45) is 0. The van der Waals surface area contributed by atoms with E-state index in [2.05, 4.69) is 14.6 Å². The molecule has 0 aliphatic carbocycles. The molecule has 1 aromatic heterocycles. The lowest BCUT2D eigenvalue weighted by Crippen LogP contribution is -2.06. The second kappa shape index (κ2) is 6.39. The van der Waals surface area contributed by atoms with Crippen molar-refractivity contribution in [1.29, 1.82) is 0 Å². The van der Waals surface area contributed by atoms with E-state index in [0.29, 0.717) is 0 Å². The van der Waals surface area contributed by atoms with Crippen molar-refractivity contribution in [3.63, 3.8) is 0 Å². The van der Waals surface area contributed by atoms with Crippen molar-refractivity contribution < 1.29 is 31.4 Å². The molecule has 22 heavy (non-hydrogen) atoms. The maximum atomic E-state index is 13.8. The van der Waals surface area contributed by atoms with E-state index in [1.807, 2.05) is 0 Å². The van der Waals surface area contributed by atoms with Gasteiger partial charge in [0.25, 0.3) is 0 Å². The fourth-order valence-corrected chi connectivity index (χ4v) is 2.04. The number of hydrogen-bond donors (Lipinski definition) is 0. The number of rotatable bonds is 5. The molecule has 0 saturated carbocycles. The smallest absolute Gasteiger partial charge is 0.388 e. The third kappa shape index (κ3) is 3.41. The molecular formula is C12H8ClF5N2O2. The highest BCUT2D eigenvalue weighted by molar-refractivity contribution is 6.34. The van der Waals surface area contributed by atoms with Gasteiger partial charge >= 0.3 is 13.2 Å². The third-order valence-electron chi connectivity index (χ3n) is 2.56. The van der Waals surface area contributed by atoms with Crippen molar-refractivity contribution in [3.05, 3.63) is 29.0 Å². The van der Waals surface area contributed by atoms with Gasteiger partial charge in [0.2, 0.25) is 5.88 Å². The first-order valence-corrected chi connectivity index (χ1v) is 6.09. The van der Waals surface area contributed by atoms with Crippen molar-refractivity contribution in [3.8, 4) is 22.9 Å². The maximum absolute atomic E-state index is 13.8. The van der Waals surface area contributed by atoms with Gasteiger partial charge in [0.1, 0.15) is 22.3 Å². The van der Waals surface area contributed by atoms with Gasteiger partial charge in [0.05, 0.1) is 0 Å². The molecule has 2 aromatic rings. The lowest BCUT2D eigenvalue weighted by Gasteiger charge is -2.07. The van der Waals surface area contributed by atoms with Crippen LogP contribution < -0.4 is 9.47 Å². The molecule has 0 atom stereocenters. The number of halogens is 6.